The van der Waals surface area contributed by atoms with Gasteiger partial charge in [0.1, 0.15) is 0 Å². The molecule has 1 N–H and O–H groups in total. The lowest BCUT2D eigenvalue weighted by atomic mass is 10.0. The van der Waals surface area contributed by atoms with E-state index in [1.54, 1.807) is 0 Å². The van der Waals surface area contributed by atoms with Crippen molar-refractivity contribution in [3.05, 3.63) is 0 Å². The van der Waals surface area contributed by atoms with Gasteiger partial charge in [0.2, 0.25) is 0 Å². The van der Waals surface area contributed by atoms with Gasteiger partial charge in [-0.25, -0.2) is 0 Å². The third kappa shape index (κ3) is 6.42. The molecule has 0 aliphatic carbocycles. The molecule has 102 valence electrons. The molecule has 1 aliphatic rings. The minimum absolute atomic E-state index is 0.781. The van der Waals surface area contributed by atoms with E-state index in [1.807, 2.05) is 0 Å². The van der Waals surface area contributed by atoms with Gasteiger partial charge in [0, 0.05) is 6.04 Å². The molecule has 1 fully saturated rings. The van der Waals surface area contributed by atoms with Crippen LogP contribution in [0.4, 0.5) is 0 Å². The highest BCUT2D eigenvalue weighted by Crippen LogP contribution is 2.19. The molecular weight excluding hydrogens is 208 g/mol. The summed E-state index contributed by atoms with van der Waals surface area (Å²) in [6, 6.07) is 0.781. The van der Waals surface area contributed by atoms with Crippen LogP contribution >= 0.6 is 0 Å². The standard InChI is InChI=1S/C15H32N2/c1-4-10-16-11-5-8-15(3)17-12-6-7-14(2)9-13-17/h14-16H,4-13H2,1-3H3. The van der Waals surface area contributed by atoms with Crippen LogP contribution in [0.2, 0.25) is 0 Å². The molecule has 1 aliphatic heterocycles. The van der Waals surface area contributed by atoms with E-state index in [9.17, 15) is 0 Å². The molecule has 0 saturated carbocycles. The van der Waals surface area contributed by atoms with Crippen molar-refractivity contribution in [2.75, 3.05) is 26.2 Å². The van der Waals surface area contributed by atoms with Gasteiger partial charge in [0.15, 0.2) is 0 Å². The maximum absolute atomic E-state index is 3.49. The zero-order chi connectivity index (χ0) is 12.5. The first-order chi connectivity index (χ1) is 8.24. The summed E-state index contributed by atoms with van der Waals surface area (Å²) in [5.41, 5.74) is 0. The molecule has 2 nitrogen and oxygen atoms in total. The van der Waals surface area contributed by atoms with Gasteiger partial charge < -0.3 is 10.2 Å². The third-order valence-electron chi connectivity index (χ3n) is 4.08. The third-order valence-corrected chi connectivity index (χ3v) is 4.08. The van der Waals surface area contributed by atoms with Crippen LogP contribution < -0.4 is 5.32 Å². The maximum atomic E-state index is 3.49. The molecule has 1 heterocycles. The van der Waals surface area contributed by atoms with Crippen LogP contribution in [0.1, 0.15) is 59.3 Å². The number of rotatable bonds is 7. The van der Waals surface area contributed by atoms with Gasteiger partial charge in [-0.05, 0) is 77.5 Å². The number of likely N-dealkylation sites (tertiary alicyclic amines) is 1. The summed E-state index contributed by atoms with van der Waals surface area (Å²) in [7, 11) is 0. The fourth-order valence-electron chi connectivity index (χ4n) is 2.73. The molecule has 2 heteroatoms. The van der Waals surface area contributed by atoms with E-state index in [1.165, 1.54) is 64.7 Å². The lowest BCUT2D eigenvalue weighted by Gasteiger charge is -2.27. The first kappa shape index (κ1) is 15.0. The van der Waals surface area contributed by atoms with E-state index in [-0.39, 0.29) is 0 Å². The van der Waals surface area contributed by atoms with Crippen molar-refractivity contribution in [3.8, 4) is 0 Å². The number of nitrogens with one attached hydrogen (secondary N) is 1. The predicted octanol–water partition coefficient (Wildman–Crippen LogP) is 3.28. The van der Waals surface area contributed by atoms with E-state index in [0.717, 1.165) is 12.0 Å². The zero-order valence-corrected chi connectivity index (χ0v) is 12.2. The number of hydrogen-bond acceptors (Lipinski definition) is 2. The second-order valence-corrected chi connectivity index (χ2v) is 5.81. The monoisotopic (exact) mass is 240 g/mol. The molecule has 0 spiro atoms. The molecule has 1 rings (SSSR count). The van der Waals surface area contributed by atoms with Crippen LogP contribution in [-0.2, 0) is 0 Å². The van der Waals surface area contributed by atoms with Gasteiger partial charge in [0.05, 0.1) is 0 Å². The maximum Gasteiger partial charge on any atom is 0.00674 e. The molecule has 0 aromatic heterocycles. The molecule has 2 atom stereocenters. The largest absolute Gasteiger partial charge is 0.317 e. The summed E-state index contributed by atoms with van der Waals surface area (Å²) in [4.78, 5) is 2.71. The number of nitrogens with zero attached hydrogens (tertiary/aromatic N) is 1. The first-order valence-electron chi connectivity index (χ1n) is 7.68. The van der Waals surface area contributed by atoms with Crippen LogP contribution in [-0.4, -0.2) is 37.1 Å². The fourth-order valence-corrected chi connectivity index (χ4v) is 2.73. The second kappa shape index (κ2) is 8.93. The highest BCUT2D eigenvalue weighted by molar-refractivity contribution is 4.73. The molecule has 0 bridgehead atoms. The number of hydrogen-bond donors (Lipinski definition) is 1. The van der Waals surface area contributed by atoms with Crippen molar-refractivity contribution >= 4 is 0 Å². The van der Waals surface area contributed by atoms with Crippen LogP contribution in [0.15, 0.2) is 0 Å². The van der Waals surface area contributed by atoms with E-state index < -0.39 is 0 Å². The Labute approximate surface area is 108 Å². The Bertz CT molecular complexity index is 182. The minimum atomic E-state index is 0.781. The molecule has 0 radical (unpaired) electrons. The van der Waals surface area contributed by atoms with Crippen molar-refractivity contribution in [1.82, 2.24) is 10.2 Å². The average molecular weight is 240 g/mol. The van der Waals surface area contributed by atoms with Gasteiger partial charge in [-0.2, -0.15) is 0 Å². The molecule has 2 unspecified atom stereocenters. The minimum Gasteiger partial charge on any atom is -0.317 e. The Morgan fingerprint density at radius 3 is 2.82 bits per heavy atom. The SMILES string of the molecule is CCCNCCCC(C)N1CCCC(C)CC1. The first-order valence-corrected chi connectivity index (χ1v) is 7.68. The molecule has 1 saturated heterocycles. The van der Waals surface area contributed by atoms with E-state index in [0.29, 0.717) is 0 Å². The van der Waals surface area contributed by atoms with Crippen molar-refractivity contribution in [2.45, 2.75) is 65.3 Å². The molecular formula is C15H32N2. The van der Waals surface area contributed by atoms with E-state index >= 15 is 0 Å². The van der Waals surface area contributed by atoms with Crippen LogP contribution in [0.3, 0.4) is 0 Å². The van der Waals surface area contributed by atoms with Crippen LogP contribution in [0.5, 0.6) is 0 Å². The summed E-state index contributed by atoms with van der Waals surface area (Å²) < 4.78 is 0. The van der Waals surface area contributed by atoms with Gasteiger partial charge in [-0.1, -0.05) is 13.8 Å². The highest BCUT2D eigenvalue weighted by atomic mass is 15.1. The Morgan fingerprint density at radius 2 is 2.06 bits per heavy atom. The summed E-state index contributed by atoms with van der Waals surface area (Å²) >= 11 is 0. The highest BCUT2D eigenvalue weighted by Gasteiger charge is 2.17. The zero-order valence-electron chi connectivity index (χ0n) is 12.2. The van der Waals surface area contributed by atoms with Crippen molar-refractivity contribution in [2.24, 2.45) is 5.92 Å². The topological polar surface area (TPSA) is 15.3 Å². The van der Waals surface area contributed by atoms with Crippen molar-refractivity contribution < 1.29 is 0 Å². The Hall–Kier alpha value is -0.0800. The van der Waals surface area contributed by atoms with Crippen LogP contribution in [0, 0.1) is 5.92 Å². The van der Waals surface area contributed by atoms with Crippen molar-refractivity contribution in [3.63, 3.8) is 0 Å². The van der Waals surface area contributed by atoms with Crippen molar-refractivity contribution in [1.29, 1.82) is 0 Å². The average Bonchev–Trinajstić information content (AvgIpc) is 2.53. The molecule has 0 amide bonds. The lowest BCUT2D eigenvalue weighted by Crippen LogP contribution is -2.34. The summed E-state index contributed by atoms with van der Waals surface area (Å²) in [5, 5.41) is 3.49. The molecule has 0 aromatic rings. The van der Waals surface area contributed by atoms with E-state index in [2.05, 4.69) is 31.0 Å². The smallest absolute Gasteiger partial charge is 0.00674 e. The van der Waals surface area contributed by atoms with Gasteiger partial charge in [-0.3, -0.25) is 0 Å². The molecule has 17 heavy (non-hydrogen) atoms. The molecule has 0 aromatic carbocycles. The fraction of sp³-hybridized carbons (Fsp3) is 1.00. The Balaban J connectivity index is 2.11. The lowest BCUT2D eigenvalue weighted by molar-refractivity contribution is 0.202. The summed E-state index contributed by atoms with van der Waals surface area (Å²) in [6.07, 6.45) is 8.16. The van der Waals surface area contributed by atoms with Gasteiger partial charge in [-0.15, -0.1) is 0 Å². The Kier molecular flexibility index (Phi) is 7.87. The van der Waals surface area contributed by atoms with Crippen LogP contribution in [0.25, 0.3) is 0 Å². The predicted molar refractivity (Wildman–Crippen MR) is 76.4 cm³/mol. The van der Waals surface area contributed by atoms with E-state index in [4.69, 9.17) is 0 Å². The summed E-state index contributed by atoms with van der Waals surface area (Å²) in [5.74, 6) is 0.943. The second-order valence-electron chi connectivity index (χ2n) is 5.81. The normalized spacial score (nSPS) is 24.5. The quantitative estimate of drug-likeness (QED) is 0.687. The summed E-state index contributed by atoms with van der Waals surface area (Å²) in [6.45, 7) is 12.1. The van der Waals surface area contributed by atoms with Gasteiger partial charge in [0.25, 0.3) is 0 Å². The Morgan fingerprint density at radius 1 is 1.24 bits per heavy atom. The van der Waals surface area contributed by atoms with Gasteiger partial charge >= 0.3 is 0 Å².